The van der Waals surface area contributed by atoms with Crippen LogP contribution < -0.4 is 4.74 Å². The molecule has 0 spiro atoms. The highest BCUT2D eigenvalue weighted by Crippen LogP contribution is 2.42. The molecule has 12 heteroatoms. The Morgan fingerprint density at radius 1 is 1.32 bits per heavy atom. The Bertz CT molecular complexity index is 1010. The van der Waals surface area contributed by atoms with Gasteiger partial charge in [0, 0.05) is 12.3 Å². The van der Waals surface area contributed by atoms with Crippen molar-refractivity contribution in [2.75, 3.05) is 0 Å². The number of esters is 1. The summed E-state index contributed by atoms with van der Waals surface area (Å²) in [5.41, 5.74) is -1.93. The molecule has 0 bridgehead atoms. The quantitative estimate of drug-likeness (QED) is 0.321. The van der Waals surface area contributed by atoms with Crippen LogP contribution in [0.3, 0.4) is 0 Å². The van der Waals surface area contributed by atoms with Gasteiger partial charge in [0.2, 0.25) is 12.2 Å². The van der Waals surface area contributed by atoms with Crippen LogP contribution in [0.4, 0.5) is 18.9 Å². The van der Waals surface area contributed by atoms with Gasteiger partial charge in [-0.05, 0) is 30.5 Å². The van der Waals surface area contributed by atoms with Gasteiger partial charge in [-0.1, -0.05) is 25.4 Å². The van der Waals surface area contributed by atoms with Crippen LogP contribution in [0.5, 0.6) is 11.6 Å². The summed E-state index contributed by atoms with van der Waals surface area (Å²) in [6.45, 7) is 3.72. The number of carbonyl (C=O) groups excluding carboxylic acids is 1. The monoisotopic (exact) mass is 460 g/mol. The van der Waals surface area contributed by atoms with E-state index in [1.165, 1.54) is 0 Å². The Morgan fingerprint density at radius 2 is 2.03 bits per heavy atom. The van der Waals surface area contributed by atoms with E-state index in [1.807, 2.05) is 13.8 Å². The zero-order valence-electron chi connectivity index (χ0n) is 16.2. The maximum absolute atomic E-state index is 13.3. The molecule has 2 atom stereocenters. The van der Waals surface area contributed by atoms with Gasteiger partial charge in [0.05, 0.1) is 9.95 Å². The number of cyclic esters (lactones) is 1. The third kappa shape index (κ3) is 5.05. The van der Waals surface area contributed by atoms with E-state index in [2.05, 4.69) is 4.98 Å². The number of halogens is 4. The number of nitrogens with zero attached hydrogens (tertiary/aromatic N) is 2. The first-order chi connectivity index (χ1) is 14.5. The number of aromatic nitrogens is 1. The zero-order valence-corrected chi connectivity index (χ0v) is 16.9. The summed E-state index contributed by atoms with van der Waals surface area (Å²) in [5.74, 6) is -1.64. The van der Waals surface area contributed by atoms with E-state index in [9.17, 15) is 28.1 Å². The van der Waals surface area contributed by atoms with Gasteiger partial charge < -0.3 is 14.2 Å². The van der Waals surface area contributed by atoms with Crippen LogP contribution in [0.2, 0.25) is 5.02 Å². The highest BCUT2D eigenvalue weighted by atomic mass is 35.5. The lowest BCUT2D eigenvalue weighted by atomic mass is 10.1. The summed E-state index contributed by atoms with van der Waals surface area (Å²) in [6.07, 6.45) is -5.81. The zero-order chi connectivity index (χ0) is 22.9. The van der Waals surface area contributed by atoms with Crippen molar-refractivity contribution < 1.29 is 37.1 Å². The van der Waals surface area contributed by atoms with Crippen LogP contribution in [0, 0.1) is 16.0 Å². The fourth-order valence-electron chi connectivity index (χ4n) is 2.95. The third-order valence-electron chi connectivity index (χ3n) is 4.27. The summed E-state index contributed by atoms with van der Waals surface area (Å²) in [5, 5.41) is 10.8. The van der Waals surface area contributed by atoms with E-state index in [0.29, 0.717) is 6.42 Å². The number of carbonyl (C=O) groups is 1. The van der Waals surface area contributed by atoms with Crippen molar-refractivity contribution in [1.82, 2.24) is 4.98 Å². The number of pyridine rings is 1. The van der Waals surface area contributed by atoms with Crippen molar-refractivity contribution in [3.05, 3.63) is 56.7 Å². The van der Waals surface area contributed by atoms with Gasteiger partial charge in [-0.15, -0.1) is 0 Å². The number of hydrogen-bond donors (Lipinski definition) is 0. The van der Waals surface area contributed by atoms with Crippen LogP contribution in [0.1, 0.15) is 37.7 Å². The molecule has 1 fully saturated rings. The van der Waals surface area contributed by atoms with Gasteiger partial charge in [0.25, 0.3) is 5.69 Å². The number of nitro groups is 1. The fraction of sp³-hybridized carbons (Fsp3) is 0.368. The number of hydrogen-bond acceptors (Lipinski definition) is 7. The molecule has 1 aliphatic heterocycles. The molecule has 3 rings (SSSR count). The van der Waals surface area contributed by atoms with Crippen molar-refractivity contribution in [2.45, 2.75) is 38.8 Å². The molecular formula is C19H16ClF3N2O6. The molecule has 0 N–H and O–H groups in total. The Kier molecular flexibility index (Phi) is 6.37. The molecule has 166 valence electrons. The second-order valence-corrected chi connectivity index (χ2v) is 7.48. The van der Waals surface area contributed by atoms with Crippen LogP contribution >= 0.6 is 11.6 Å². The van der Waals surface area contributed by atoms with Crippen molar-refractivity contribution >= 4 is 23.3 Å². The highest BCUT2D eigenvalue weighted by Gasteiger charge is 2.41. The molecule has 8 nitrogen and oxygen atoms in total. The van der Waals surface area contributed by atoms with Gasteiger partial charge in [0.15, 0.2) is 6.10 Å². The van der Waals surface area contributed by atoms with Gasteiger partial charge in [-0.25, -0.2) is 9.78 Å². The summed E-state index contributed by atoms with van der Waals surface area (Å²) in [7, 11) is 0. The summed E-state index contributed by atoms with van der Waals surface area (Å²) in [4.78, 5) is 26.3. The number of ether oxygens (including phenoxy) is 3. The van der Waals surface area contributed by atoms with E-state index in [1.54, 1.807) is 0 Å². The molecule has 2 unspecified atom stereocenters. The summed E-state index contributed by atoms with van der Waals surface area (Å²) < 4.78 is 55.8. The van der Waals surface area contributed by atoms with E-state index in [4.69, 9.17) is 25.8 Å². The first-order valence-electron chi connectivity index (χ1n) is 9.01. The predicted octanol–water partition coefficient (Wildman–Crippen LogP) is 5.44. The van der Waals surface area contributed by atoms with Crippen LogP contribution in [-0.2, 0) is 20.4 Å². The van der Waals surface area contributed by atoms with Gasteiger partial charge in [0.1, 0.15) is 16.9 Å². The molecule has 2 aromatic rings. The lowest BCUT2D eigenvalue weighted by Gasteiger charge is -2.15. The van der Waals surface area contributed by atoms with E-state index >= 15 is 0 Å². The number of benzene rings is 1. The normalized spacial score (nSPS) is 18.9. The molecule has 0 saturated carbocycles. The fourth-order valence-corrected chi connectivity index (χ4v) is 3.19. The number of alkyl halides is 3. The largest absolute Gasteiger partial charge is 0.438 e. The molecule has 1 aliphatic rings. The molecule has 0 aliphatic carbocycles. The molecule has 1 aromatic heterocycles. The van der Waals surface area contributed by atoms with Crippen LogP contribution in [0.25, 0.3) is 0 Å². The Morgan fingerprint density at radius 3 is 2.65 bits per heavy atom. The predicted molar refractivity (Wildman–Crippen MR) is 101 cm³/mol. The Hall–Kier alpha value is -2.92. The average molecular weight is 461 g/mol. The molecule has 0 amide bonds. The standard InChI is InChI=1S/C19H16ClF3N2O6/c1-9(2)7-14-17(26)31-18(30-14)11-8-10(3-4-13(11)25(27)28)29-16-15(19(21,22)23)12(20)5-6-24-16/h3-6,8-9,14,18H,7H2,1-2H3. The van der Waals surface area contributed by atoms with Gasteiger partial charge in [-0.3, -0.25) is 10.1 Å². The van der Waals surface area contributed by atoms with Gasteiger partial charge in [-0.2, -0.15) is 13.2 Å². The molecule has 0 radical (unpaired) electrons. The maximum atomic E-state index is 13.3. The van der Waals surface area contributed by atoms with E-state index < -0.39 is 51.6 Å². The van der Waals surface area contributed by atoms with Crippen molar-refractivity contribution in [1.29, 1.82) is 0 Å². The molecule has 2 heterocycles. The van der Waals surface area contributed by atoms with E-state index in [0.717, 1.165) is 30.5 Å². The molecule has 31 heavy (non-hydrogen) atoms. The first-order valence-corrected chi connectivity index (χ1v) is 9.39. The number of nitro benzene ring substituents is 1. The topological polar surface area (TPSA) is 101 Å². The van der Waals surface area contributed by atoms with Gasteiger partial charge >= 0.3 is 12.1 Å². The summed E-state index contributed by atoms with van der Waals surface area (Å²) in [6, 6.07) is 4.12. The SMILES string of the molecule is CC(C)CC1OC(c2cc(Oc3nccc(Cl)c3C(F)(F)F)ccc2[N+](=O)[O-])OC1=O. The minimum Gasteiger partial charge on any atom is -0.438 e. The minimum absolute atomic E-state index is 0.0932. The Labute approximate surface area is 179 Å². The van der Waals surface area contributed by atoms with Crippen molar-refractivity contribution in [3.8, 4) is 11.6 Å². The number of rotatable bonds is 6. The maximum Gasteiger partial charge on any atom is 0.423 e. The lowest BCUT2D eigenvalue weighted by molar-refractivity contribution is -0.386. The minimum atomic E-state index is -4.85. The Balaban J connectivity index is 1.97. The molecule has 1 saturated heterocycles. The van der Waals surface area contributed by atoms with Crippen LogP contribution in [-0.4, -0.2) is 22.0 Å². The highest BCUT2D eigenvalue weighted by molar-refractivity contribution is 6.31. The van der Waals surface area contributed by atoms with E-state index in [-0.39, 0.29) is 17.2 Å². The third-order valence-corrected chi connectivity index (χ3v) is 4.59. The lowest BCUT2D eigenvalue weighted by Crippen LogP contribution is -2.18. The average Bonchev–Trinajstić information content (AvgIpc) is 3.00. The first kappa shape index (κ1) is 22.8. The second-order valence-electron chi connectivity index (χ2n) is 7.07. The van der Waals surface area contributed by atoms with Crippen LogP contribution in [0.15, 0.2) is 30.5 Å². The van der Waals surface area contributed by atoms with Crippen molar-refractivity contribution in [2.24, 2.45) is 5.92 Å². The second kappa shape index (κ2) is 8.67. The molecule has 1 aromatic carbocycles. The summed E-state index contributed by atoms with van der Waals surface area (Å²) >= 11 is 5.65. The smallest absolute Gasteiger partial charge is 0.423 e. The van der Waals surface area contributed by atoms with Crippen molar-refractivity contribution in [3.63, 3.8) is 0 Å². The molecular weight excluding hydrogens is 445 g/mol.